The predicted octanol–water partition coefficient (Wildman–Crippen LogP) is 3.22. The number of rotatable bonds is 3. The van der Waals surface area contributed by atoms with E-state index < -0.39 is 0 Å². The summed E-state index contributed by atoms with van der Waals surface area (Å²) in [5.74, 6) is 0.877. The highest BCUT2D eigenvalue weighted by atomic mass is 16.5. The molecular formula is C8H20O. The Hall–Kier alpha value is -0.460. The fourth-order valence-electron chi connectivity index (χ4n) is 0.306. The Kier molecular flexibility index (Phi) is 18.5. The van der Waals surface area contributed by atoms with Crippen molar-refractivity contribution in [3.63, 3.8) is 0 Å². The molecule has 0 atom stereocenters. The van der Waals surface area contributed by atoms with Crippen LogP contribution in [0.3, 0.4) is 0 Å². The first-order chi connectivity index (χ1) is 3.31. The lowest BCUT2D eigenvalue weighted by atomic mass is 10.4. The van der Waals surface area contributed by atoms with Gasteiger partial charge in [0.05, 0.1) is 12.4 Å². The topological polar surface area (TPSA) is 9.23 Å². The lowest BCUT2D eigenvalue weighted by Gasteiger charge is -2.00. The van der Waals surface area contributed by atoms with Crippen LogP contribution in [-0.4, -0.2) is 6.61 Å². The van der Waals surface area contributed by atoms with Gasteiger partial charge in [-0.25, -0.2) is 0 Å². The summed E-state index contributed by atoms with van der Waals surface area (Å²) in [7, 11) is 0. The van der Waals surface area contributed by atoms with Crippen molar-refractivity contribution in [1.29, 1.82) is 0 Å². The van der Waals surface area contributed by atoms with Crippen LogP contribution >= 0.6 is 0 Å². The van der Waals surface area contributed by atoms with E-state index in [4.69, 9.17) is 4.74 Å². The molecule has 0 saturated heterocycles. The molecule has 0 radical (unpaired) electrons. The minimum atomic E-state index is 0. The molecule has 58 valence electrons. The van der Waals surface area contributed by atoms with E-state index >= 15 is 0 Å². The smallest absolute Gasteiger partial charge is 0.0885 e. The van der Waals surface area contributed by atoms with Gasteiger partial charge in [0.25, 0.3) is 0 Å². The average molecular weight is 132 g/mol. The molecule has 0 aliphatic carbocycles. The summed E-state index contributed by atoms with van der Waals surface area (Å²) in [6.07, 6.45) is 0.924. The van der Waals surface area contributed by atoms with Crippen LogP contribution in [0.2, 0.25) is 0 Å². The number of hydrogen-bond acceptors (Lipinski definition) is 1. The van der Waals surface area contributed by atoms with E-state index in [1.165, 1.54) is 0 Å². The fraction of sp³-hybridized carbons (Fsp3) is 0.750. The van der Waals surface area contributed by atoms with Crippen LogP contribution in [-0.2, 0) is 4.74 Å². The first kappa shape index (κ1) is 15.8. The largest absolute Gasteiger partial charge is 0.499 e. The molecule has 0 spiro atoms. The summed E-state index contributed by atoms with van der Waals surface area (Å²) < 4.78 is 5.00. The molecule has 0 aromatic carbocycles. The molecule has 0 saturated carbocycles. The first-order valence-corrected chi connectivity index (χ1v) is 2.61. The molecule has 0 fully saturated rings. The van der Waals surface area contributed by atoms with E-state index in [2.05, 4.69) is 6.58 Å². The van der Waals surface area contributed by atoms with Gasteiger partial charge >= 0.3 is 0 Å². The summed E-state index contributed by atoms with van der Waals surface area (Å²) in [6.45, 7) is 8.37. The molecule has 0 rings (SSSR count). The lowest BCUT2D eigenvalue weighted by Crippen LogP contribution is -1.85. The van der Waals surface area contributed by atoms with Crippen LogP contribution in [0.5, 0.6) is 0 Å². The molecule has 9 heavy (non-hydrogen) atoms. The van der Waals surface area contributed by atoms with E-state index in [1.54, 1.807) is 0 Å². The molecule has 0 heterocycles. The van der Waals surface area contributed by atoms with Gasteiger partial charge in [-0.05, 0) is 6.92 Å². The van der Waals surface area contributed by atoms with E-state index in [0.29, 0.717) is 0 Å². The van der Waals surface area contributed by atoms with Crippen molar-refractivity contribution in [2.45, 2.75) is 35.1 Å². The third-order valence-corrected chi connectivity index (χ3v) is 0.743. The van der Waals surface area contributed by atoms with Crippen molar-refractivity contribution in [1.82, 2.24) is 0 Å². The van der Waals surface area contributed by atoms with Crippen LogP contribution in [0.4, 0.5) is 0 Å². The second-order valence-corrected chi connectivity index (χ2v) is 1.33. The van der Waals surface area contributed by atoms with Crippen LogP contribution in [0, 0.1) is 0 Å². The van der Waals surface area contributed by atoms with Crippen LogP contribution in [0.25, 0.3) is 0 Å². The van der Waals surface area contributed by atoms with E-state index in [0.717, 1.165) is 18.8 Å². The van der Waals surface area contributed by atoms with E-state index in [9.17, 15) is 0 Å². The van der Waals surface area contributed by atoms with Gasteiger partial charge in [-0.15, -0.1) is 0 Å². The third-order valence-electron chi connectivity index (χ3n) is 0.743. The Bertz CT molecular complexity index is 57.6. The fourth-order valence-corrected chi connectivity index (χ4v) is 0.306. The highest BCUT2D eigenvalue weighted by molar-refractivity contribution is 4.78. The van der Waals surface area contributed by atoms with Gasteiger partial charge in [0, 0.05) is 6.42 Å². The van der Waals surface area contributed by atoms with Crippen LogP contribution < -0.4 is 0 Å². The lowest BCUT2D eigenvalue weighted by molar-refractivity contribution is 0.223. The minimum Gasteiger partial charge on any atom is -0.499 e. The maximum absolute atomic E-state index is 5.00. The molecule has 1 nitrogen and oxygen atoms in total. The Morgan fingerprint density at radius 2 is 1.78 bits per heavy atom. The molecular weight excluding hydrogens is 112 g/mol. The van der Waals surface area contributed by atoms with E-state index in [-0.39, 0.29) is 14.9 Å². The molecule has 0 aromatic rings. The summed E-state index contributed by atoms with van der Waals surface area (Å²) in [6, 6.07) is 0. The second-order valence-electron chi connectivity index (χ2n) is 1.33. The van der Waals surface area contributed by atoms with Gasteiger partial charge in [-0.1, -0.05) is 28.4 Å². The minimum absolute atomic E-state index is 0. The van der Waals surface area contributed by atoms with Crippen LogP contribution in [0.15, 0.2) is 12.3 Å². The van der Waals surface area contributed by atoms with E-state index in [1.807, 2.05) is 13.8 Å². The van der Waals surface area contributed by atoms with Gasteiger partial charge in [0.15, 0.2) is 0 Å². The van der Waals surface area contributed by atoms with Crippen molar-refractivity contribution in [2.24, 2.45) is 0 Å². The highest BCUT2D eigenvalue weighted by Gasteiger charge is 1.82. The van der Waals surface area contributed by atoms with Gasteiger partial charge in [-0.3, -0.25) is 0 Å². The standard InChI is InChI=1S/C6H12O.2CH4/c1-4-6(3)7-5-2;;/h3-5H2,1-2H3;2*1H4. The first-order valence-electron chi connectivity index (χ1n) is 2.61. The van der Waals surface area contributed by atoms with Gasteiger partial charge < -0.3 is 4.74 Å². The monoisotopic (exact) mass is 132 g/mol. The Morgan fingerprint density at radius 1 is 1.33 bits per heavy atom. The SMILES string of the molecule is C.C.C=C(CC)OCC. The molecule has 0 amide bonds. The van der Waals surface area contributed by atoms with Gasteiger partial charge in [0.1, 0.15) is 0 Å². The molecule has 0 unspecified atom stereocenters. The zero-order chi connectivity index (χ0) is 5.70. The zero-order valence-corrected chi connectivity index (χ0v) is 5.03. The molecule has 0 aliphatic rings. The predicted molar refractivity (Wildman–Crippen MR) is 44.5 cm³/mol. The Morgan fingerprint density at radius 3 is 1.89 bits per heavy atom. The summed E-state index contributed by atoms with van der Waals surface area (Å²) in [5.41, 5.74) is 0. The second kappa shape index (κ2) is 10.5. The van der Waals surface area contributed by atoms with Crippen molar-refractivity contribution in [2.75, 3.05) is 6.61 Å². The molecule has 0 N–H and O–H groups in total. The van der Waals surface area contributed by atoms with Crippen molar-refractivity contribution in [3.05, 3.63) is 12.3 Å². The molecule has 0 aliphatic heterocycles. The van der Waals surface area contributed by atoms with Gasteiger partial charge in [0.2, 0.25) is 0 Å². The van der Waals surface area contributed by atoms with Crippen molar-refractivity contribution >= 4 is 0 Å². The number of allylic oxidation sites excluding steroid dienone is 1. The number of hydrogen-bond donors (Lipinski definition) is 0. The van der Waals surface area contributed by atoms with Crippen molar-refractivity contribution in [3.8, 4) is 0 Å². The van der Waals surface area contributed by atoms with Crippen molar-refractivity contribution < 1.29 is 4.74 Å². The van der Waals surface area contributed by atoms with Gasteiger partial charge in [-0.2, -0.15) is 0 Å². The number of ether oxygens (including phenoxy) is 1. The maximum atomic E-state index is 5.00. The van der Waals surface area contributed by atoms with Crippen LogP contribution in [0.1, 0.15) is 35.1 Å². The third kappa shape index (κ3) is 11.2. The Labute approximate surface area is 59.7 Å². The average Bonchev–Trinajstić information content (AvgIpc) is 1.68. The highest BCUT2D eigenvalue weighted by Crippen LogP contribution is 1.95. The molecule has 0 aromatic heterocycles. The zero-order valence-electron chi connectivity index (χ0n) is 5.03. The normalized spacial score (nSPS) is 6.44. The summed E-state index contributed by atoms with van der Waals surface area (Å²) in [4.78, 5) is 0. The molecule has 1 heteroatoms. The Balaban J connectivity index is -0.000000180. The molecule has 0 bridgehead atoms. The summed E-state index contributed by atoms with van der Waals surface area (Å²) in [5, 5.41) is 0. The quantitative estimate of drug-likeness (QED) is 0.536. The summed E-state index contributed by atoms with van der Waals surface area (Å²) >= 11 is 0. The maximum Gasteiger partial charge on any atom is 0.0885 e.